The van der Waals surface area contributed by atoms with Gasteiger partial charge in [-0.15, -0.1) is 0 Å². The summed E-state index contributed by atoms with van der Waals surface area (Å²) in [5.41, 5.74) is 0.241. The van der Waals surface area contributed by atoms with Crippen LogP contribution in [-0.4, -0.2) is 46.7 Å². The molecular weight excluding hydrogens is 246 g/mol. The summed E-state index contributed by atoms with van der Waals surface area (Å²) in [7, 11) is 0. The Labute approximate surface area is 111 Å². The average Bonchev–Trinajstić information content (AvgIpc) is 2.62. The van der Waals surface area contributed by atoms with Crippen LogP contribution in [0, 0.1) is 6.92 Å². The van der Waals surface area contributed by atoms with Crippen LogP contribution in [0.4, 0.5) is 0 Å². The van der Waals surface area contributed by atoms with Gasteiger partial charge >= 0.3 is 0 Å². The molecule has 0 aliphatic carbocycles. The lowest BCUT2D eigenvalue weighted by atomic mass is 10.3. The van der Waals surface area contributed by atoms with E-state index in [1.165, 1.54) is 10.6 Å². The van der Waals surface area contributed by atoms with Crippen molar-refractivity contribution in [3.05, 3.63) is 28.2 Å². The average molecular weight is 265 g/mol. The van der Waals surface area contributed by atoms with Crippen molar-refractivity contribution in [1.82, 2.24) is 14.8 Å². The Kier molecular flexibility index (Phi) is 4.21. The molecule has 1 aromatic rings. The molecule has 1 aromatic heterocycles. The first-order chi connectivity index (χ1) is 9.08. The summed E-state index contributed by atoms with van der Waals surface area (Å²) in [4.78, 5) is 25.7. The predicted octanol–water partition coefficient (Wildman–Crippen LogP) is -0.316. The van der Waals surface area contributed by atoms with Crippen LogP contribution >= 0.6 is 0 Å². The van der Waals surface area contributed by atoms with Crippen molar-refractivity contribution in [2.75, 3.05) is 26.2 Å². The zero-order chi connectivity index (χ0) is 13.8. The maximum atomic E-state index is 12.2. The first-order valence-corrected chi connectivity index (χ1v) is 6.47. The maximum absolute atomic E-state index is 12.2. The number of aromatic hydroxyl groups is 1. The van der Waals surface area contributed by atoms with Gasteiger partial charge in [0.05, 0.1) is 0 Å². The number of hydrogen-bond acceptors (Lipinski definition) is 4. The topological polar surface area (TPSA) is 74.6 Å². The van der Waals surface area contributed by atoms with Crippen molar-refractivity contribution >= 4 is 5.91 Å². The normalized spacial score (nSPS) is 16.2. The smallest absolute Gasteiger partial charge is 0.254 e. The van der Waals surface area contributed by atoms with Gasteiger partial charge in [-0.25, -0.2) is 0 Å². The number of carbonyl (C=O) groups is 1. The van der Waals surface area contributed by atoms with Crippen molar-refractivity contribution in [2.24, 2.45) is 0 Å². The van der Waals surface area contributed by atoms with Crippen molar-refractivity contribution in [3.63, 3.8) is 0 Å². The first kappa shape index (κ1) is 13.6. The molecule has 0 bridgehead atoms. The molecule has 2 heterocycles. The fraction of sp³-hybridized carbons (Fsp3) is 0.538. The highest BCUT2D eigenvalue weighted by molar-refractivity contribution is 5.76. The van der Waals surface area contributed by atoms with E-state index in [1.807, 2.05) is 0 Å². The number of carbonyl (C=O) groups excluding carboxylic acids is 1. The van der Waals surface area contributed by atoms with Gasteiger partial charge in [0.2, 0.25) is 5.91 Å². The van der Waals surface area contributed by atoms with Gasteiger partial charge in [-0.05, 0) is 26.0 Å². The molecule has 1 saturated heterocycles. The minimum Gasteiger partial charge on any atom is -0.508 e. The lowest BCUT2D eigenvalue weighted by molar-refractivity contribution is -0.131. The number of hydrogen-bond donors (Lipinski definition) is 2. The highest BCUT2D eigenvalue weighted by Crippen LogP contribution is 2.07. The number of aromatic nitrogens is 1. The van der Waals surface area contributed by atoms with Gasteiger partial charge in [-0.1, -0.05) is 0 Å². The summed E-state index contributed by atoms with van der Waals surface area (Å²) in [5.74, 6) is -0.121. The fourth-order valence-corrected chi connectivity index (χ4v) is 2.24. The van der Waals surface area contributed by atoms with Gasteiger partial charge < -0.3 is 19.9 Å². The standard InChI is InChI=1S/C13H19N3O3/c1-10-7-11(17)8-12(18)16(10)9-13(19)15-5-2-3-14-4-6-15/h7-8,14,17H,2-6,9H2,1H3. The molecule has 1 aliphatic heterocycles. The van der Waals surface area contributed by atoms with E-state index in [2.05, 4.69) is 5.32 Å². The largest absolute Gasteiger partial charge is 0.508 e. The highest BCUT2D eigenvalue weighted by atomic mass is 16.3. The highest BCUT2D eigenvalue weighted by Gasteiger charge is 2.16. The van der Waals surface area contributed by atoms with Gasteiger partial charge in [-0.2, -0.15) is 0 Å². The number of nitrogens with one attached hydrogen (secondary N) is 1. The molecule has 19 heavy (non-hydrogen) atoms. The molecule has 2 rings (SSSR count). The second-order valence-corrected chi connectivity index (χ2v) is 4.76. The molecule has 1 amide bonds. The Morgan fingerprint density at radius 3 is 2.89 bits per heavy atom. The van der Waals surface area contributed by atoms with E-state index in [-0.39, 0.29) is 23.8 Å². The molecule has 0 aromatic carbocycles. The summed E-state index contributed by atoms with van der Waals surface area (Å²) in [6.07, 6.45) is 0.926. The van der Waals surface area contributed by atoms with E-state index < -0.39 is 0 Å². The SMILES string of the molecule is Cc1cc(O)cc(=O)n1CC(=O)N1CCCNCC1. The summed E-state index contributed by atoms with van der Waals surface area (Å²) in [6.45, 7) is 4.84. The number of rotatable bonds is 2. The Morgan fingerprint density at radius 2 is 2.16 bits per heavy atom. The van der Waals surface area contributed by atoms with Gasteiger partial charge in [0, 0.05) is 31.4 Å². The third-order valence-corrected chi connectivity index (χ3v) is 3.31. The molecule has 0 unspecified atom stereocenters. The maximum Gasteiger partial charge on any atom is 0.254 e. The van der Waals surface area contributed by atoms with Crippen LogP contribution < -0.4 is 10.9 Å². The second-order valence-electron chi connectivity index (χ2n) is 4.76. The number of pyridine rings is 1. The first-order valence-electron chi connectivity index (χ1n) is 6.47. The van der Waals surface area contributed by atoms with E-state index in [4.69, 9.17) is 0 Å². The summed E-state index contributed by atoms with van der Waals surface area (Å²) < 4.78 is 1.39. The van der Waals surface area contributed by atoms with Gasteiger partial charge in [0.15, 0.2) is 0 Å². The van der Waals surface area contributed by atoms with Crippen LogP contribution in [0.5, 0.6) is 5.75 Å². The number of amides is 1. The molecule has 104 valence electrons. The van der Waals surface area contributed by atoms with Crippen molar-refractivity contribution in [3.8, 4) is 5.75 Å². The van der Waals surface area contributed by atoms with Gasteiger partial charge in [-0.3, -0.25) is 9.59 Å². The van der Waals surface area contributed by atoms with E-state index in [0.717, 1.165) is 32.1 Å². The van der Waals surface area contributed by atoms with Crippen molar-refractivity contribution in [2.45, 2.75) is 19.9 Å². The molecule has 1 aliphatic rings. The number of aryl methyl sites for hydroxylation is 1. The van der Waals surface area contributed by atoms with Crippen LogP contribution in [0.25, 0.3) is 0 Å². The molecule has 1 fully saturated rings. The van der Waals surface area contributed by atoms with E-state index in [9.17, 15) is 14.7 Å². The Hall–Kier alpha value is -1.82. The van der Waals surface area contributed by atoms with Crippen LogP contribution in [0.15, 0.2) is 16.9 Å². The van der Waals surface area contributed by atoms with Gasteiger partial charge in [0.25, 0.3) is 5.56 Å². The zero-order valence-corrected chi connectivity index (χ0v) is 11.1. The minimum absolute atomic E-state index is 0.0327. The molecule has 6 nitrogen and oxygen atoms in total. The molecule has 6 heteroatoms. The van der Waals surface area contributed by atoms with Gasteiger partial charge in [0.1, 0.15) is 12.3 Å². The molecule has 0 spiro atoms. The monoisotopic (exact) mass is 265 g/mol. The summed E-state index contributed by atoms with van der Waals surface area (Å²) in [6, 6.07) is 2.61. The molecule has 0 radical (unpaired) electrons. The molecular formula is C13H19N3O3. The lowest BCUT2D eigenvalue weighted by Crippen LogP contribution is -2.38. The van der Waals surface area contributed by atoms with E-state index >= 15 is 0 Å². The van der Waals surface area contributed by atoms with Crippen LogP contribution in [0.2, 0.25) is 0 Å². The molecule has 2 N–H and O–H groups in total. The fourth-order valence-electron chi connectivity index (χ4n) is 2.24. The van der Waals surface area contributed by atoms with E-state index in [0.29, 0.717) is 12.2 Å². The van der Waals surface area contributed by atoms with Crippen LogP contribution in [0.1, 0.15) is 12.1 Å². The third kappa shape index (κ3) is 3.35. The zero-order valence-electron chi connectivity index (χ0n) is 11.1. The number of nitrogens with zero attached hydrogens (tertiary/aromatic N) is 2. The predicted molar refractivity (Wildman–Crippen MR) is 71.2 cm³/mol. The summed E-state index contributed by atoms with van der Waals surface area (Å²) in [5, 5.41) is 12.6. The van der Waals surface area contributed by atoms with Crippen LogP contribution in [0.3, 0.4) is 0 Å². The Balaban J connectivity index is 2.12. The summed E-state index contributed by atoms with van der Waals surface area (Å²) >= 11 is 0. The molecule has 0 atom stereocenters. The van der Waals surface area contributed by atoms with E-state index in [1.54, 1.807) is 11.8 Å². The second kappa shape index (κ2) is 5.88. The minimum atomic E-state index is -0.348. The quantitative estimate of drug-likeness (QED) is 0.769. The lowest BCUT2D eigenvalue weighted by Gasteiger charge is -2.21. The van der Waals surface area contributed by atoms with Crippen molar-refractivity contribution in [1.29, 1.82) is 0 Å². The Morgan fingerprint density at radius 1 is 1.37 bits per heavy atom. The van der Waals surface area contributed by atoms with Crippen molar-refractivity contribution < 1.29 is 9.90 Å². The van der Waals surface area contributed by atoms with Crippen LogP contribution in [-0.2, 0) is 11.3 Å². The molecule has 0 saturated carbocycles. The third-order valence-electron chi connectivity index (χ3n) is 3.31. The Bertz CT molecular complexity index is 516.